The molecule has 4 N–H and O–H groups in total. The number of fused-ring (bicyclic) bond motifs is 5. The summed E-state index contributed by atoms with van der Waals surface area (Å²) in [6, 6.07) is 4.83. The maximum absolute atomic E-state index is 12.8. The first-order valence-corrected chi connectivity index (χ1v) is 10.2. The van der Waals surface area contributed by atoms with Gasteiger partial charge >= 0.3 is 5.63 Å². The first kappa shape index (κ1) is 21.7. The molecule has 0 unspecified atom stereocenters. The molecule has 2 aliphatic rings. The summed E-state index contributed by atoms with van der Waals surface area (Å²) in [6.45, 7) is 1.17. The van der Waals surface area contributed by atoms with Crippen LogP contribution in [0.1, 0.15) is 5.56 Å². The van der Waals surface area contributed by atoms with E-state index in [2.05, 4.69) is 0 Å². The van der Waals surface area contributed by atoms with Crippen LogP contribution >= 0.6 is 0 Å². The lowest BCUT2D eigenvalue weighted by atomic mass is 9.99. The van der Waals surface area contributed by atoms with Crippen molar-refractivity contribution in [3.05, 3.63) is 34.2 Å². The monoisotopic (exact) mass is 462 g/mol. The molecule has 2 aliphatic heterocycles. The Bertz CT molecular complexity index is 1280. The number of benzene rings is 2. The zero-order valence-corrected chi connectivity index (χ0v) is 17.7. The Hall–Kier alpha value is -3.09. The quantitative estimate of drug-likeness (QED) is 0.309. The van der Waals surface area contributed by atoms with E-state index in [1.54, 1.807) is 25.1 Å². The second-order valence-corrected chi connectivity index (χ2v) is 7.86. The summed E-state index contributed by atoms with van der Waals surface area (Å²) in [5.41, 5.74) is 0.0834. The molecule has 5 rings (SSSR count). The Morgan fingerprint density at radius 3 is 2.61 bits per heavy atom. The van der Waals surface area contributed by atoms with Gasteiger partial charge in [0.25, 0.3) is 0 Å². The van der Waals surface area contributed by atoms with E-state index >= 15 is 0 Å². The summed E-state index contributed by atoms with van der Waals surface area (Å²) >= 11 is 0. The van der Waals surface area contributed by atoms with E-state index in [1.807, 2.05) is 0 Å². The molecule has 5 atom stereocenters. The maximum atomic E-state index is 12.8. The van der Waals surface area contributed by atoms with Crippen LogP contribution < -0.4 is 24.6 Å². The van der Waals surface area contributed by atoms with Crippen LogP contribution in [-0.4, -0.2) is 71.6 Å². The van der Waals surface area contributed by atoms with Crippen LogP contribution in [0.25, 0.3) is 21.7 Å². The lowest BCUT2D eigenvalue weighted by molar-refractivity contribution is -0.277. The molecule has 2 aromatic carbocycles. The third-order valence-electron chi connectivity index (χ3n) is 5.90. The molecule has 0 amide bonds. The average Bonchev–Trinajstić information content (AvgIpc) is 3.28. The van der Waals surface area contributed by atoms with E-state index in [9.17, 15) is 25.2 Å². The molecule has 0 spiro atoms. The molecular weight excluding hydrogens is 440 g/mol. The van der Waals surface area contributed by atoms with Crippen LogP contribution in [0.15, 0.2) is 27.4 Å². The summed E-state index contributed by atoms with van der Waals surface area (Å²) in [6.07, 6.45) is -7.36. The zero-order valence-electron chi connectivity index (χ0n) is 17.7. The van der Waals surface area contributed by atoms with Crippen LogP contribution in [0.3, 0.4) is 0 Å². The first-order valence-electron chi connectivity index (χ1n) is 10.2. The molecule has 3 heterocycles. The second kappa shape index (κ2) is 8.04. The van der Waals surface area contributed by atoms with E-state index in [1.165, 1.54) is 7.11 Å². The van der Waals surface area contributed by atoms with Crippen molar-refractivity contribution >= 4 is 21.7 Å². The third-order valence-corrected chi connectivity index (χ3v) is 5.90. The molecule has 0 bridgehead atoms. The lowest BCUT2D eigenvalue weighted by Crippen LogP contribution is -2.60. The number of ether oxygens (including phenoxy) is 5. The van der Waals surface area contributed by atoms with Crippen molar-refractivity contribution in [2.75, 3.05) is 20.5 Å². The standard InChI is InChI=1S/C22H22O11/c1-8-5-11(31-22-17(26)16(25)15(24)12(6-23)32-22)19(28-2)20-13(8)14-9(21(27)33-20)3-4-10-18(14)30-7-29-10/h3-5,12,15-17,22-26H,6-7H2,1-2H3/t12-,15-,16+,17-,22-/m1/s1. The van der Waals surface area contributed by atoms with Gasteiger partial charge in [-0.15, -0.1) is 0 Å². The molecule has 0 saturated carbocycles. The van der Waals surface area contributed by atoms with Gasteiger partial charge in [-0.1, -0.05) is 0 Å². The van der Waals surface area contributed by atoms with Crippen molar-refractivity contribution in [1.29, 1.82) is 0 Å². The molecular formula is C22H22O11. The highest BCUT2D eigenvalue weighted by molar-refractivity contribution is 6.12. The van der Waals surface area contributed by atoms with Crippen LogP contribution in [-0.2, 0) is 4.74 Å². The maximum Gasteiger partial charge on any atom is 0.344 e. The van der Waals surface area contributed by atoms with Gasteiger partial charge in [0, 0.05) is 10.8 Å². The molecule has 1 saturated heterocycles. The Kier molecular flexibility index (Phi) is 5.30. The summed E-state index contributed by atoms with van der Waals surface area (Å²) in [5, 5.41) is 41.1. The summed E-state index contributed by atoms with van der Waals surface area (Å²) in [5.74, 6) is 1.01. The minimum atomic E-state index is -1.62. The Morgan fingerprint density at radius 2 is 1.88 bits per heavy atom. The minimum Gasteiger partial charge on any atom is -0.490 e. The fourth-order valence-corrected chi connectivity index (χ4v) is 4.26. The van der Waals surface area contributed by atoms with Gasteiger partial charge in [-0.05, 0) is 30.7 Å². The average molecular weight is 462 g/mol. The van der Waals surface area contributed by atoms with E-state index in [0.717, 1.165) is 0 Å². The highest BCUT2D eigenvalue weighted by atomic mass is 16.7. The molecule has 11 nitrogen and oxygen atoms in total. The number of aliphatic hydroxyl groups excluding tert-OH is 4. The molecule has 11 heteroatoms. The van der Waals surface area contributed by atoms with Crippen LogP contribution in [0.5, 0.6) is 23.0 Å². The minimum absolute atomic E-state index is 0.0185. The summed E-state index contributed by atoms with van der Waals surface area (Å²) < 4.78 is 33.3. The fraction of sp³-hybridized carbons (Fsp3) is 0.409. The normalized spacial score (nSPS) is 26.7. The largest absolute Gasteiger partial charge is 0.490 e. The molecule has 3 aromatic rings. The van der Waals surface area contributed by atoms with Crippen molar-refractivity contribution < 1.29 is 48.5 Å². The summed E-state index contributed by atoms with van der Waals surface area (Å²) in [4.78, 5) is 12.8. The number of aliphatic hydroxyl groups is 4. The van der Waals surface area contributed by atoms with Gasteiger partial charge in [0.1, 0.15) is 24.4 Å². The molecule has 0 radical (unpaired) electrons. The van der Waals surface area contributed by atoms with Crippen molar-refractivity contribution in [2.24, 2.45) is 0 Å². The molecule has 0 aliphatic carbocycles. The summed E-state index contributed by atoms with van der Waals surface area (Å²) in [7, 11) is 1.35. The van der Waals surface area contributed by atoms with Gasteiger partial charge in [-0.25, -0.2) is 4.79 Å². The van der Waals surface area contributed by atoms with Crippen molar-refractivity contribution in [3.8, 4) is 23.0 Å². The number of methoxy groups -OCH3 is 1. The Labute approximate surface area is 186 Å². The molecule has 1 fully saturated rings. The van der Waals surface area contributed by atoms with E-state index in [4.69, 9.17) is 28.1 Å². The highest BCUT2D eigenvalue weighted by Crippen LogP contribution is 2.46. The Morgan fingerprint density at radius 1 is 1.09 bits per heavy atom. The van der Waals surface area contributed by atoms with Crippen LogP contribution in [0.4, 0.5) is 0 Å². The van der Waals surface area contributed by atoms with Crippen molar-refractivity contribution in [2.45, 2.75) is 37.6 Å². The first-order chi connectivity index (χ1) is 15.8. The topological polar surface area (TPSA) is 157 Å². The van der Waals surface area contributed by atoms with Gasteiger partial charge in [-0.3, -0.25) is 0 Å². The van der Waals surface area contributed by atoms with Gasteiger partial charge in [0.05, 0.1) is 19.1 Å². The van der Waals surface area contributed by atoms with Gasteiger partial charge < -0.3 is 48.5 Å². The van der Waals surface area contributed by atoms with Crippen LogP contribution in [0.2, 0.25) is 0 Å². The number of aryl methyl sites for hydroxylation is 1. The van der Waals surface area contributed by atoms with Crippen molar-refractivity contribution in [1.82, 2.24) is 0 Å². The number of hydrogen-bond donors (Lipinski definition) is 4. The van der Waals surface area contributed by atoms with E-state index in [0.29, 0.717) is 33.2 Å². The lowest BCUT2D eigenvalue weighted by Gasteiger charge is -2.39. The van der Waals surface area contributed by atoms with E-state index < -0.39 is 42.9 Å². The molecule has 176 valence electrons. The van der Waals surface area contributed by atoms with Gasteiger partial charge in [0.2, 0.25) is 18.8 Å². The predicted molar refractivity (Wildman–Crippen MR) is 112 cm³/mol. The zero-order chi connectivity index (χ0) is 23.4. The van der Waals surface area contributed by atoms with Gasteiger partial charge in [0.15, 0.2) is 22.8 Å². The van der Waals surface area contributed by atoms with Crippen molar-refractivity contribution in [3.63, 3.8) is 0 Å². The fourth-order valence-electron chi connectivity index (χ4n) is 4.26. The highest BCUT2D eigenvalue weighted by Gasteiger charge is 2.45. The van der Waals surface area contributed by atoms with Crippen LogP contribution in [0, 0.1) is 6.92 Å². The third kappa shape index (κ3) is 3.28. The molecule has 1 aromatic heterocycles. The Balaban J connectivity index is 1.68. The smallest absolute Gasteiger partial charge is 0.344 e. The number of rotatable bonds is 4. The second-order valence-electron chi connectivity index (χ2n) is 7.86. The van der Waals surface area contributed by atoms with E-state index in [-0.39, 0.29) is 23.9 Å². The van der Waals surface area contributed by atoms with Gasteiger partial charge in [-0.2, -0.15) is 0 Å². The SMILES string of the molecule is COc1c(O[C@@H]2O[C@H](CO)[C@@H](O)[C@H](O)[C@H]2O)cc(C)c2c1oc(=O)c1ccc3c(c12)OCO3. The predicted octanol–water partition coefficient (Wildman–Crippen LogP) is 0.171. The number of hydrogen-bond acceptors (Lipinski definition) is 11. The molecule has 33 heavy (non-hydrogen) atoms.